The number of carbonyl (C=O) groups excluding carboxylic acids is 1. The maximum absolute atomic E-state index is 12.8. The fraction of sp³-hybridized carbons (Fsp3) is 0.100. The van der Waals surface area contributed by atoms with Crippen molar-refractivity contribution < 1.29 is 4.79 Å². The number of aryl methyl sites for hydroxylation is 1. The highest BCUT2D eigenvalue weighted by atomic mass is 35.5. The van der Waals surface area contributed by atoms with Crippen molar-refractivity contribution >= 4 is 40.0 Å². The number of para-hydroxylation sites is 1. The minimum Gasteiger partial charge on any atom is -0.292 e. The molecule has 2 aromatic heterocycles. The highest BCUT2D eigenvalue weighted by molar-refractivity contribution is 6.42. The number of aromatic nitrogens is 4. The van der Waals surface area contributed by atoms with Crippen molar-refractivity contribution in [3.8, 4) is 5.69 Å². The van der Waals surface area contributed by atoms with Crippen LogP contribution in [0, 0.1) is 6.92 Å². The third-order valence-corrected chi connectivity index (χ3v) is 5.19. The van der Waals surface area contributed by atoms with Gasteiger partial charge in [-0.15, -0.1) is 0 Å². The second-order valence-electron chi connectivity index (χ2n) is 6.31. The van der Waals surface area contributed by atoms with E-state index in [-0.39, 0.29) is 22.9 Å². The quantitative estimate of drug-likeness (QED) is 0.473. The number of Topliss-reactive ketones (excluding diaryl/α,β-unsaturated/α-hetero) is 1. The summed E-state index contributed by atoms with van der Waals surface area (Å²) in [6.45, 7) is 1.80. The van der Waals surface area contributed by atoms with Gasteiger partial charge in [-0.05, 0) is 36.8 Å². The molecule has 0 atom stereocenters. The van der Waals surface area contributed by atoms with Crippen LogP contribution in [-0.2, 0) is 6.54 Å². The van der Waals surface area contributed by atoms with E-state index in [1.807, 2.05) is 31.2 Å². The van der Waals surface area contributed by atoms with Crippen LogP contribution in [0.15, 0.2) is 59.8 Å². The molecule has 0 aliphatic carbocycles. The Kier molecular flexibility index (Phi) is 4.75. The standard InChI is InChI=1S/C20H14Cl2N4O2/c1-12-4-2-3-5-17(12)26-19-14(9-24-26)20(28)25(11-23-19)10-18(27)13-6-7-15(21)16(22)8-13/h2-9,11H,10H2,1H3. The summed E-state index contributed by atoms with van der Waals surface area (Å²) in [6, 6.07) is 12.3. The summed E-state index contributed by atoms with van der Waals surface area (Å²) in [7, 11) is 0. The molecule has 4 aromatic rings. The lowest BCUT2D eigenvalue weighted by molar-refractivity contribution is 0.0970. The van der Waals surface area contributed by atoms with E-state index in [1.54, 1.807) is 16.8 Å². The molecule has 0 fully saturated rings. The van der Waals surface area contributed by atoms with Gasteiger partial charge in [-0.2, -0.15) is 5.10 Å². The average molecular weight is 413 g/mol. The fourth-order valence-corrected chi connectivity index (χ4v) is 3.25. The first-order valence-corrected chi connectivity index (χ1v) is 9.19. The molecule has 2 aromatic carbocycles. The predicted molar refractivity (Wildman–Crippen MR) is 109 cm³/mol. The van der Waals surface area contributed by atoms with E-state index in [9.17, 15) is 9.59 Å². The predicted octanol–water partition coefficient (Wildman–Crippen LogP) is 4.08. The number of nitrogens with zero attached hydrogens (tertiary/aromatic N) is 4. The van der Waals surface area contributed by atoms with Crippen LogP contribution in [0.1, 0.15) is 15.9 Å². The van der Waals surface area contributed by atoms with Gasteiger partial charge < -0.3 is 0 Å². The maximum atomic E-state index is 12.8. The molecule has 0 aliphatic heterocycles. The van der Waals surface area contributed by atoms with Gasteiger partial charge in [0, 0.05) is 5.56 Å². The Morgan fingerprint density at radius 3 is 2.64 bits per heavy atom. The first-order valence-electron chi connectivity index (χ1n) is 8.43. The number of hydrogen-bond acceptors (Lipinski definition) is 4. The first-order chi connectivity index (χ1) is 13.5. The molecule has 0 bridgehead atoms. The summed E-state index contributed by atoms with van der Waals surface area (Å²) in [4.78, 5) is 29.7. The van der Waals surface area contributed by atoms with E-state index < -0.39 is 0 Å². The number of hydrogen-bond donors (Lipinski definition) is 0. The normalized spacial score (nSPS) is 11.1. The number of fused-ring (bicyclic) bond motifs is 1. The third-order valence-electron chi connectivity index (χ3n) is 4.45. The van der Waals surface area contributed by atoms with Crippen molar-refractivity contribution in [1.82, 2.24) is 19.3 Å². The topological polar surface area (TPSA) is 69.8 Å². The van der Waals surface area contributed by atoms with Crippen molar-refractivity contribution in [2.75, 3.05) is 0 Å². The second kappa shape index (κ2) is 7.22. The minimum absolute atomic E-state index is 0.157. The first kappa shape index (κ1) is 18.4. The highest BCUT2D eigenvalue weighted by Gasteiger charge is 2.15. The molecular weight excluding hydrogens is 399 g/mol. The number of halogens is 2. The van der Waals surface area contributed by atoms with E-state index in [4.69, 9.17) is 23.2 Å². The van der Waals surface area contributed by atoms with Crippen molar-refractivity contribution in [2.45, 2.75) is 13.5 Å². The third kappa shape index (κ3) is 3.21. The smallest absolute Gasteiger partial charge is 0.264 e. The zero-order valence-electron chi connectivity index (χ0n) is 14.8. The van der Waals surface area contributed by atoms with Crippen LogP contribution >= 0.6 is 23.2 Å². The summed E-state index contributed by atoms with van der Waals surface area (Å²) in [5, 5.41) is 5.30. The Hall–Kier alpha value is -2.96. The summed E-state index contributed by atoms with van der Waals surface area (Å²) in [5.41, 5.74) is 2.33. The van der Waals surface area contributed by atoms with Crippen LogP contribution in [0.4, 0.5) is 0 Å². The molecule has 28 heavy (non-hydrogen) atoms. The monoisotopic (exact) mass is 412 g/mol. The van der Waals surface area contributed by atoms with Crippen molar-refractivity contribution in [3.63, 3.8) is 0 Å². The van der Waals surface area contributed by atoms with E-state index in [0.717, 1.165) is 11.3 Å². The molecule has 0 amide bonds. The van der Waals surface area contributed by atoms with Gasteiger partial charge in [0.25, 0.3) is 5.56 Å². The van der Waals surface area contributed by atoms with Gasteiger partial charge >= 0.3 is 0 Å². The Bertz CT molecular complexity index is 1280. The van der Waals surface area contributed by atoms with Gasteiger partial charge in [-0.3, -0.25) is 14.2 Å². The Labute approximate surface area is 170 Å². The SMILES string of the molecule is Cc1ccccc1-n1ncc2c(=O)n(CC(=O)c3ccc(Cl)c(Cl)c3)cnc21. The van der Waals surface area contributed by atoms with Crippen molar-refractivity contribution in [2.24, 2.45) is 0 Å². The summed E-state index contributed by atoms with van der Waals surface area (Å²) in [6.07, 6.45) is 2.83. The van der Waals surface area contributed by atoms with Gasteiger partial charge in [0.1, 0.15) is 11.7 Å². The van der Waals surface area contributed by atoms with Gasteiger partial charge in [0.05, 0.1) is 28.5 Å². The van der Waals surface area contributed by atoms with E-state index in [0.29, 0.717) is 21.6 Å². The zero-order chi connectivity index (χ0) is 19.8. The van der Waals surface area contributed by atoms with Gasteiger partial charge in [-0.1, -0.05) is 41.4 Å². The van der Waals surface area contributed by atoms with Crippen LogP contribution in [0.25, 0.3) is 16.7 Å². The lowest BCUT2D eigenvalue weighted by Gasteiger charge is -2.08. The summed E-state index contributed by atoms with van der Waals surface area (Å²) in [5.74, 6) is -0.270. The molecule has 140 valence electrons. The van der Waals surface area contributed by atoms with Gasteiger partial charge in [0.15, 0.2) is 11.4 Å². The molecule has 4 rings (SSSR count). The molecule has 2 heterocycles. The molecule has 0 saturated carbocycles. The molecule has 0 aliphatic rings. The number of benzene rings is 2. The van der Waals surface area contributed by atoms with Gasteiger partial charge in [0.2, 0.25) is 0 Å². The molecule has 0 spiro atoms. The van der Waals surface area contributed by atoms with E-state index in [2.05, 4.69) is 10.1 Å². The Morgan fingerprint density at radius 1 is 1.11 bits per heavy atom. The van der Waals surface area contributed by atoms with Crippen molar-refractivity contribution in [1.29, 1.82) is 0 Å². The highest BCUT2D eigenvalue weighted by Crippen LogP contribution is 2.23. The number of ketones is 1. The number of rotatable bonds is 4. The van der Waals surface area contributed by atoms with Crippen LogP contribution in [0.3, 0.4) is 0 Å². The molecule has 0 unspecified atom stereocenters. The largest absolute Gasteiger partial charge is 0.292 e. The summed E-state index contributed by atoms with van der Waals surface area (Å²) >= 11 is 11.9. The maximum Gasteiger partial charge on any atom is 0.264 e. The molecule has 0 N–H and O–H groups in total. The molecule has 0 radical (unpaired) electrons. The van der Waals surface area contributed by atoms with Crippen molar-refractivity contribution in [3.05, 3.63) is 86.5 Å². The zero-order valence-corrected chi connectivity index (χ0v) is 16.3. The summed E-state index contributed by atoms with van der Waals surface area (Å²) < 4.78 is 2.88. The van der Waals surface area contributed by atoms with Crippen LogP contribution in [0.5, 0.6) is 0 Å². The lowest BCUT2D eigenvalue weighted by Crippen LogP contribution is -2.24. The molecule has 0 saturated heterocycles. The Morgan fingerprint density at radius 2 is 1.89 bits per heavy atom. The van der Waals surface area contributed by atoms with Gasteiger partial charge in [-0.25, -0.2) is 9.67 Å². The average Bonchev–Trinajstić information content (AvgIpc) is 3.11. The van der Waals surface area contributed by atoms with Crippen LogP contribution in [0.2, 0.25) is 10.0 Å². The van der Waals surface area contributed by atoms with E-state index >= 15 is 0 Å². The lowest BCUT2D eigenvalue weighted by atomic mass is 10.1. The van der Waals surface area contributed by atoms with E-state index in [1.165, 1.54) is 23.2 Å². The molecular formula is C20H14Cl2N4O2. The van der Waals surface area contributed by atoms with Crippen LogP contribution in [-0.4, -0.2) is 25.1 Å². The fourth-order valence-electron chi connectivity index (χ4n) is 2.95. The molecule has 8 heteroatoms. The molecule has 6 nitrogen and oxygen atoms in total. The second-order valence-corrected chi connectivity index (χ2v) is 7.12. The number of carbonyl (C=O) groups is 1. The minimum atomic E-state index is -0.335. The van der Waals surface area contributed by atoms with Crippen LogP contribution < -0.4 is 5.56 Å². The Balaban J connectivity index is 1.71.